The van der Waals surface area contributed by atoms with E-state index in [-0.39, 0.29) is 49.3 Å². The molecule has 0 fully saturated rings. The Balaban J connectivity index is 1.41. The van der Waals surface area contributed by atoms with Crippen LogP contribution in [0.3, 0.4) is 0 Å². The minimum atomic E-state index is -0.895. The van der Waals surface area contributed by atoms with E-state index in [0.29, 0.717) is 48.9 Å². The Morgan fingerprint density at radius 2 is 1.91 bits per heavy atom. The van der Waals surface area contributed by atoms with Gasteiger partial charge in [-0.05, 0) is 36.1 Å². The van der Waals surface area contributed by atoms with Crippen LogP contribution >= 0.6 is 11.8 Å². The molecule has 3 amide bonds. The number of amides is 3. The number of benzene rings is 2. The summed E-state index contributed by atoms with van der Waals surface area (Å²) in [6.45, 7) is 1.54. The molecule has 2 aromatic heterocycles. The Hall–Kier alpha value is -4.78. The van der Waals surface area contributed by atoms with Gasteiger partial charge in [-0.3, -0.25) is 19.1 Å². The smallest absolute Gasteiger partial charge is 0.289 e. The van der Waals surface area contributed by atoms with Crippen LogP contribution in [0.1, 0.15) is 44.4 Å². The van der Waals surface area contributed by atoms with Crippen molar-refractivity contribution in [2.24, 2.45) is 0 Å². The number of hydrogen-bond donors (Lipinski definition) is 2. The fourth-order valence-corrected chi connectivity index (χ4v) is 5.57. The summed E-state index contributed by atoms with van der Waals surface area (Å²) in [7, 11) is 1.51. The normalized spacial score (nSPS) is 16.6. The second-order valence-corrected chi connectivity index (χ2v) is 11.6. The molecule has 0 saturated carbocycles. The first-order valence-corrected chi connectivity index (χ1v) is 16.5. The van der Waals surface area contributed by atoms with E-state index in [1.165, 1.54) is 7.11 Å². The quantitative estimate of drug-likeness (QED) is 0.323. The van der Waals surface area contributed by atoms with Crippen molar-refractivity contribution < 1.29 is 28.3 Å². The van der Waals surface area contributed by atoms with Gasteiger partial charge in [0.1, 0.15) is 11.8 Å². The molecule has 2 bridgehead atoms. The van der Waals surface area contributed by atoms with Gasteiger partial charge in [-0.15, -0.1) is 5.10 Å². The number of carbonyl (C=O) groups excluding carboxylic acids is 3. The molecule has 242 valence electrons. The first-order valence-electron chi connectivity index (χ1n) is 15.1. The number of rotatable bonds is 6. The number of nitrogens with one attached hydrogen (secondary N) is 2. The summed E-state index contributed by atoms with van der Waals surface area (Å²) in [5.74, 6) is 1.18. The molecular weight excluding hydrogens is 608 g/mol. The van der Waals surface area contributed by atoms with Crippen molar-refractivity contribution in [2.45, 2.75) is 37.6 Å². The van der Waals surface area contributed by atoms with Crippen LogP contribution in [0.15, 0.2) is 71.3 Å². The van der Waals surface area contributed by atoms with Crippen LogP contribution in [0.25, 0.3) is 0 Å². The second-order valence-electron chi connectivity index (χ2n) is 10.8. The van der Waals surface area contributed by atoms with Gasteiger partial charge in [0.05, 0.1) is 30.7 Å². The first-order chi connectivity index (χ1) is 22.4. The largest absolute Gasteiger partial charge is 0.493 e. The van der Waals surface area contributed by atoms with Gasteiger partial charge in [-0.25, -0.2) is 0 Å². The summed E-state index contributed by atoms with van der Waals surface area (Å²) in [4.78, 5) is 42.5. The summed E-state index contributed by atoms with van der Waals surface area (Å²) in [5.41, 5.74) is 1.86. The number of nitrogens with zero attached hydrogens (tertiary/aromatic N) is 4. The number of aromatic nitrogens is 3. The van der Waals surface area contributed by atoms with Crippen LogP contribution in [0.4, 0.5) is 0 Å². The van der Waals surface area contributed by atoms with E-state index < -0.39 is 11.9 Å². The monoisotopic (exact) mass is 646 g/mol. The number of furan rings is 1. The van der Waals surface area contributed by atoms with Crippen molar-refractivity contribution >= 4 is 29.5 Å². The molecule has 2 N–H and O–H groups in total. The number of hydrogen-bond acceptors (Lipinski definition) is 9. The van der Waals surface area contributed by atoms with Crippen molar-refractivity contribution in [3.63, 3.8) is 0 Å². The molecule has 46 heavy (non-hydrogen) atoms. The fraction of sp³-hybridized carbons (Fsp3) is 0.364. The van der Waals surface area contributed by atoms with Crippen molar-refractivity contribution in [3.05, 3.63) is 95.2 Å². The number of ether oxygens (including phenoxy) is 2. The van der Waals surface area contributed by atoms with Crippen LogP contribution in [-0.4, -0.2) is 83.3 Å². The van der Waals surface area contributed by atoms with Crippen LogP contribution < -0.4 is 20.1 Å². The average Bonchev–Trinajstić information content (AvgIpc) is 3.74. The van der Waals surface area contributed by atoms with Crippen LogP contribution in [0.5, 0.6) is 11.5 Å². The number of para-hydroxylation sites is 1. The van der Waals surface area contributed by atoms with Gasteiger partial charge in [-0.1, -0.05) is 41.6 Å². The Morgan fingerprint density at radius 3 is 2.72 bits per heavy atom. The third-order valence-electron chi connectivity index (χ3n) is 7.48. The van der Waals surface area contributed by atoms with Crippen LogP contribution in [-0.2, 0) is 29.9 Å². The van der Waals surface area contributed by atoms with Crippen LogP contribution in [0.2, 0.25) is 0 Å². The maximum absolute atomic E-state index is 13.7. The van der Waals surface area contributed by atoms with Crippen LogP contribution in [0, 0.1) is 0 Å². The highest BCUT2D eigenvalue weighted by atomic mass is 32.2. The van der Waals surface area contributed by atoms with E-state index in [1.54, 1.807) is 51.7 Å². The van der Waals surface area contributed by atoms with E-state index >= 15 is 0 Å². The molecule has 0 unspecified atom stereocenters. The molecule has 0 aliphatic carbocycles. The van der Waals surface area contributed by atoms with E-state index in [2.05, 4.69) is 20.9 Å². The molecule has 1 aliphatic rings. The number of methoxy groups -OCH3 is 1. The van der Waals surface area contributed by atoms with E-state index in [0.717, 1.165) is 11.3 Å². The summed E-state index contributed by atoms with van der Waals surface area (Å²) >= 11 is 1.60. The predicted molar refractivity (Wildman–Crippen MR) is 173 cm³/mol. The van der Waals surface area contributed by atoms with E-state index in [4.69, 9.17) is 13.9 Å². The second kappa shape index (κ2) is 16.0. The molecule has 1 aliphatic heterocycles. The Labute approximate surface area is 271 Å². The van der Waals surface area contributed by atoms with Gasteiger partial charge in [0, 0.05) is 51.6 Å². The van der Waals surface area contributed by atoms with E-state index in [9.17, 15) is 14.4 Å². The van der Waals surface area contributed by atoms with Crippen molar-refractivity contribution in [3.8, 4) is 11.5 Å². The summed E-state index contributed by atoms with van der Waals surface area (Å²) in [6.07, 6.45) is 5.13. The molecule has 0 radical (unpaired) electrons. The lowest BCUT2D eigenvalue weighted by Gasteiger charge is -2.23. The van der Waals surface area contributed by atoms with Gasteiger partial charge in [-0.2, -0.15) is 11.8 Å². The fourth-order valence-electron chi connectivity index (χ4n) is 5.13. The molecule has 13 heteroatoms. The highest BCUT2D eigenvalue weighted by molar-refractivity contribution is 7.97. The molecule has 0 saturated heterocycles. The first kappa shape index (κ1) is 32.6. The zero-order chi connectivity index (χ0) is 32.3. The number of fused-ring (bicyclic) bond motifs is 3. The Bertz CT molecular complexity index is 1620. The Morgan fingerprint density at radius 1 is 1.07 bits per heavy atom. The minimum Gasteiger partial charge on any atom is -0.493 e. The molecular formula is C33H38N6O6S. The molecule has 5 rings (SSSR count). The zero-order valence-corrected chi connectivity index (χ0v) is 26.8. The number of carbonyl (C=O) groups is 3. The van der Waals surface area contributed by atoms with Crippen molar-refractivity contribution in [2.75, 3.05) is 39.6 Å². The lowest BCUT2D eigenvalue weighted by molar-refractivity contribution is -0.123. The van der Waals surface area contributed by atoms with Gasteiger partial charge in [0.15, 0.2) is 17.3 Å². The van der Waals surface area contributed by atoms with Gasteiger partial charge in [0.2, 0.25) is 5.91 Å². The lowest BCUT2D eigenvalue weighted by Crippen LogP contribution is -2.50. The highest BCUT2D eigenvalue weighted by Gasteiger charge is 2.26. The lowest BCUT2D eigenvalue weighted by atomic mass is 10.0. The number of thioether (sulfide) groups is 1. The molecule has 4 aromatic rings. The maximum atomic E-state index is 13.7. The Kier molecular flexibility index (Phi) is 11.3. The van der Waals surface area contributed by atoms with Crippen molar-refractivity contribution in [1.82, 2.24) is 30.5 Å². The summed E-state index contributed by atoms with van der Waals surface area (Å²) in [6, 6.07) is 17.1. The minimum absolute atomic E-state index is 0.157. The van der Waals surface area contributed by atoms with Gasteiger partial charge in [0.25, 0.3) is 11.8 Å². The van der Waals surface area contributed by atoms with Gasteiger partial charge < -0.3 is 29.4 Å². The standard InChI is InChI=1S/C33H38N6O6S/c1-43-28-11-6-10-26-30(28)44-19-7-16-39-21-24(36-37-39)14-17-38(33(42)29-13-12-25(45-29)22-46-2)18-15-34-32(41)27(35-31(26)40)20-23-8-4-3-5-9-23/h3-6,8-13,21,27H,7,14-20,22H2,1-2H3,(H,34,41)(H,35,40)/t27-/m0/s1. The molecule has 0 spiro atoms. The van der Waals surface area contributed by atoms with Gasteiger partial charge >= 0.3 is 0 Å². The molecule has 1 atom stereocenters. The molecule has 12 nitrogen and oxygen atoms in total. The average molecular weight is 647 g/mol. The van der Waals surface area contributed by atoms with Crippen molar-refractivity contribution in [1.29, 1.82) is 0 Å². The summed E-state index contributed by atoms with van der Waals surface area (Å²) < 4.78 is 19.1. The third kappa shape index (κ3) is 8.47. The SMILES string of the molecule is COc1cccc2c1OCCCn1cc(nn1)CCN(C(=O)c1ccc(CSC)o1)CCNC(=O)[C@H](Cc1ccccc1)NC2=O. The predicted octanol–water partition coefficient (Wildman–Crippen LogP) is 3.37. The van der Waals surface area contributed by atoms with E-state index in [1.807, 2.05) is 42.8 Å². The maximum Gasteiger partial charge on any atom is 0.289 e. The zero-order valence-electron chi connectivity index (χ0n) is 25.9. The summed E-state index contributed by atoms with van der Waals surface area (Å²) in [5, 5.41) is 14.3. The highest BCUT2D eigenvalue weighted by Crippen LogP contribution is 2.31. The third-order valence-corrected chi connectivity index (χ3v) is 8.05. The molecule has 2 aromatic carbocycles. The topological polar surface area (TPSA) is 141 Å². The number of aryl methyl sites for hydroxylation is 1. The molecule has 3 heterocycles.